The summed E-state index contributed by atoms with van der Waals surface area (Å²) in [6.45, 7) is 5.15. The normalized spacial score (nSPS) is 11.9. The van der Waals surface area contributed by atoms with E-state index in [1.54, 1.807) is 19.9 Å². The van der Waals surface area contributed by atoms with Gasteiger partial charge in [-0.3, -0.25) is 4.79 Å². The fraction of sp³-hybridized carbons (Fsp3) is 0.462. The molecular weight excluding hydrogens is 344 g/mol. The standard InChI is InChI=1S/C13H19BrN2O3S/c1-9(2)16(20(4,18)19)8-13(17)15-12-6-5-11(14)7-10(12)3/h5-7,9H,8H2,1-4H3,(H,15,17). The van der Waals surface area contributed by atoms with E-state index in [-0.39, 0.29) is 18.5 Å². The van der Waals surface area contributed by atoms with E-state index in [1.165, 1.54) is 0 Å². The molecule has 0 atom stereocenters. The van der Waals surface area contributed by atoms with Crippen LogP contribution < -0.4 is 5.32 Å². The van der Waals surface area contributed by atoms with Gasteiger partial charge in [-0.25, -0.2) is 8.42 Å². The Labute approximate surface area is 128 Å². The van der Waals surface area contributed by atoms with Gasteiger partial charge in [0, 0.05) is 16.2 Å². The molecule has 0 bridgehead atoms. The molecule has 0 fully saturated rings. The highest BCUT2D eigenvalue weighted by molar-refractivity contribution is 9.10. The van der Waals surface area contributed by atoms with Crippen molar-refractivity contribution < 1.29 is 13.2 Å². The number of hydrogen-bond donors (Lipinski definition) is 1. The summed E-state index contributed by atoms with van der Waals surface area (Å²) in [4.78, 5) is 12.0. The number of nitrogens with zero attached hydrogens (tertiary/aromatic N) is 1. The quantitative estimate of drug-likeness (QED) is 0.874. The molecule has 1 amide bonds. The maximum Gasteiger partial charge on any atom is 0.239 e. The Hall–Kier alpha value is -0.920. The second kappa shape index (κ2) is 6.69. The van der Waals surface area contributed by atoms with Gasteiger partial charge in [0.05, 0.1) is 12.8 Å². The van der Waals surface area contributed by atoms with E-state index in [0.717, 1.165) is 20.6 Å². The Balaban J connectivity index is 2.81. The lowest BCUT2D eigenvalue weighted by molar-refractivity contribution is -0.116. The molecule has 0 heterocycles. The number of amides is 1. The molecule has 5 nitrogen and oxygen atoms in total. The van der Waals surface area contributed by atoms with Crippen LogP contribution in [0.15, 0.2) is 22.7 Å². The Morgan fingerprint density at radius 3 is 2.45 bits per heavy atom. The van der Waals surface area contributed by atoms with Crippen LogP contribution in [0, 0.1) is 6.92 Å². The number of sulfonamides is 1. The summed E-state index contributed by atoms with van der Waals surface area (Å²) >= 11 is 3.35. The summed E-state index contributed by atoms with van der Waals surface area (Å²) < 4.78 is 25.3. The van der Waals surface area contributed by atoms with Crippen molar-refractivity contribution in [2.45, 2.75) is 26.8 Å². The van der Waals surface area contributed by atoms with Crippen LogP contribution in [-0.2, 0) is 14.8 Å². The fourth-order valence-corrected chi connectivity index (χ4v) is 3.37. The minimum absolute atomic E-state index is 0.188. The van der Waals surface area contributed by atoms with Gasteiger partial charge in [0.15, 0.2) is 0 Å². The Morgan fingerprint density at radius 1 is 1.40 bits per heavy atom. The van der Waals surface area contributed by atoms with Gasteiger partial charge in [0.2, 0.25) is 15.9 Å². The molecule has 0 aromatic heterocycles. The molecule has 0 spiro atoms. The third-order valence-electron chi connectivity index (χ3n) is 2.76. The van der Waals surface area contributed by atoms with Crippen molar-refractivity contribution in [1.29, 1.82) is 0 Å². The summed E-state index contributed by atoms with van der Waals surface area (Å²) in [6.07, 6.45) is 1.10. The maximum absolute atomic E-state index is 12.0. The van der Waals surface area contributed by atoms with Gasteiger partial charge in [-0.1, -0.05) is 15.9 Å². The fourth-order valence-electron chi connectivity index (χ4n) is 1.78. The highest BCUT2D eigenvalue weighted by Gasteiger charge is 2.23. The molecule has 0 unspecified atom stereocenters. The lowest BCUT2D eigenvalue weighted by Crippen LogP contribution is -2.41. The summed E-state index contributed by atoms with van der Waals surface area (Å²) in [5, 5.41) is 2.73. The van der Waals surface area contributed by atoms with Crippen molar-refractivity contribution in [2.75, 3.05) is 18.1 Å². The number of rotatable bonds is 5. The van der Waals surface area contributed by atoms with E-state index in [2.05, 4.69) is 21.2 Å². The maximum atomic E-state index is 12.0. The topological polar surface area (TPSA) is 66.5 Å². The van der Waals surface area contributed by atoms with Crippen molar-refractivity contribution in [2.24, 2.45) is 0 Å². The molecule has 7 heteroatoms. The van der Waals surface area contributed by atoms with Crippen LogP contribution in [0.5, 0.6) is 0 Å². The Bertz CT molecular complexity index is 600. The van der Waals surface area contributed by atoms with Gasteiger partial charge in [0.25, 0.3) is 0 Å². The minimum atomic E-state index is -3.40. The number of aryl methyl sites for hydroxylation is 1. The van der Waals surface area contributed by atoms with Gasteiger partial charge in [-0.05, 0) is 44.5 Å². The van der Waals surface area contributed by atoms with Crippen LogP contribution in [0.4, 0.5) is 5.69 Å². The van der Waals surface area contributed by atoms with Crippen molar-refractivity contribution in [3.8, 4) is 0 Å². The lowest BCUT2D eigenvalue weighted by Gasteiger charge is -2.23. The highest BCUT2D eigenvalue weighted by Crippen LogP contribution is 2.20. The molecule has 1 aromatic carbocycles. The monoisotopic (exact) mass is 362 g/mol. The molecular formula is C13H19BrN2O3S. The number of anilines is 1. The number of halogens is 1. The second-order valence-electron chi connectivity index (χ2n) is 4.91. The molecule has 0 aliphatic carbocycles. The summed E-state index contributed by atoms with van der Waals surface area (Å²) in [5.74, 6) is -0.352. The van der Waals surface area contributed by atoms with Gasteiger partial charge in [0.1, 0.15) is 0 Å². The largest absolute Gasteiger partial charge is 0.325 e. The van der Waals surface area contributed by atoms with E-state index in [9.17, 15) is 13.2 Å². The zero-order valence-corrected chi connectivity index (χ0v) is 14.4. The van der Waals surface area contributed by atoms with Crippen LogP contribution in [-0.4, -0.2) is 37.5 Å². The second-order valence-corrected chi connectivity index (χ2v) is 7.76. The Morgan fingerprint density at radius 2 is 2.00 bits per heavy atom. The third-order valence-corrected chi connectivity index (χ3v) is 4.66. The molecule has 0 aliphatic heterocycles. The van der Waals surface area contributed by atoms with Crippen LogP contribution in [0.1, 0.15) is 19.4 Å². The van der Waals surface area contributed by atoms with Crippen molar-refractivity contribution in [1.82, 2.24) is 4.31 Å². The first-order valence-corrected chi connectivity index (χ1v) is 8.78. The predicted molar refractivity (Wildman–Crippen MR) is 84.2 cm³/mol. The summed E-state index contributed by atoms with van der Waals surface area (Å²) in [6, 6.07) is 5.21. The number of nitrogens with one attached hydrogen (secondary N) is 1. The molecule has 112 valence electrons. The SMILES string of the molecule is Cc1cc(Br)ccc1NC(=O)CN(C(C)C)S(C)(=O)=O. The molecule has 0 aliphatic rings. The van der Waals surface area contributed by atoms with Crippen molar-refractivity contribution >= 4 is 37.5 Å². The number of hydrogen-bond acceptors (Lipinski definition) is 3. The molecule has 0 radical (unpaired) electrons. The average molecular weight is 363 g/mol. The molecule has 20 heavy (non-hydrogen) atoms. The zero-order valence-electron chi connectivity index (χ0n) is 12.0. The van der Waals surface area contributed by atoms with E-state index >= 15 is 0 Å². The average Bonchev–Trinajstić information content (AvgIpc) is 2.28. The highest BCUT2D eigenvalue weighted by atomic mass is 79.9. The summed E-state index contributed by atoms with van der Waals surface area (Å²) in [5.41, 5.74) is 1.58. The van der Waals surface area contributed by atoms with E-state index in [4.69, 9.17) is 0 Å². The molecule has 1 N–H and O–H groups in total. The van der Waals surface area contributed by atoms with Gasteiger partial charge < -0.3 is 5.32 Å². The van der Waals surface area contributed by atoms with E-state index in [0.29, 0.717) is 5.69 Å². The number of benzene rings is 1. The van der Waals surface area contributed by atoms with Crippen LogP contribution >= 0.6 is 15.9 Å². The Kier molecular flexibility index (Phi) is 5.73. The van der Waals surface area contributed by atoms with Gasteiger partial charge in [-0.15, -0.1) is 0 Å². The van der Waals surface area contributed by atoms with Crippen molar-refractivity contribution in [3.05, 3.63) is 28.2 Å². The predicted octanol–water partition coefficient (Wildman–Crippen LogP) is 2.37. The van der Waals surface area contributed by atoms with Crippen LogP contribution in [0.25, 0.3) is 0 Å². The number of carbonyl (C=O) groups excluding carboxylic acids is 1. The van der Waals surface area contributed by atoms with Crippen molar-refractivity contribution in [3.63, 3.8) is 0 Å². The first-order valence-electron chi connectivity index (χ1n) is 6.14. The van der Waals surface area contributed by atoms with Gasteiger partial charge in [-0.2, -0.15) is 4.31 Å². The lowest BCUT2D eigenvalue weighted by atomic mass is 10.2. The van der Waals surface area contributed by atoms with Crippen LogP contribution in [0.2, 0.25) is 0 Å². The summed E-state index contributed by atoms with van der Waals surface area (Å²) in [7, 11) is -3.40. The smallest absolute Gasteiger partial charge is 0.239 e. The molecule has 0 saturated carbocycles. The van der Waals surface area contributed by atoms with Crippen LogP contribution in [0.3, 0.4) is 0 Å². The number of carbonyl (C=O) groups is 1. The van der Waals surface area contributed by atoms with Gasteiger partial charge >= 0.3 is 0 Å². The zero-order chi connectivity index (χ0) is 15.5. The molecule has 1 aromatic rings. The third kappa shape index (κ3) is 4.88. The first-order chi connectivity index (χ1) is 9.11. The van der Waals surface area contributed by atoms with E-state index < -0.39 is 10.0 Å². The molecule has 1 rings (SSSR count). The van der Waals surface area contributed by atoms with E-state index in [1.807, 2.05) is 19.1 Å². The first kappa shape index (κ1) is 17.1. The molecule has 0 saturated heterocycles. The minimum Gasteiger partial charge on any atom is -0.325 e.